The van der Waals surface area contributed by atoms with Crippen LogP contribution in [0.15, 0.2) is 82.6 Å². The molecule has 20 nitrogen and oxygen atoms in total. The summed E-state index contributed by atoms with van der Waals surface area (Å²) in [6.45, 7) is 3.84. The molecule has 6 N–H and O–H groups in total. The number of rotatable bonds is 31. The van der Waals surface area contributed by atoms with E-state index in [0.717, 1.165) is 33.4 Å². The summed E-state index contributed by atoms with van der Waals surface area (Å²) < 4.78 is 82.1. The van der Waals surface area contributed by atoms with Crippen LogP contribution in [-0.4, -0.2) is 180 Å². The highest BCUT2D eigenvalue weighted by Gasteiger charge is 2.32. The largest absolute Gasteiger partial charge is 0.380 e. The Kier molecular flexibility index (Phi) is 24.4. The second-order valence-corrected chi connectivity index (χ2v) is 23.0. The Morgan fingerprint density at radius 2 is 0.961 bits per heavy atom. The number of aliphatic hydroxyl groups is 2. The van der Waals surface area contributed by atoms with Gasteiger partial charge in [-0.05, 0) is 96.0 Å². The van der Waals surface area contributed by atoms with Gasteiger partial charge >= 0.3 is 0 Å². The minimum Gasteiger partial charge on any atom is -0.380 e. The number of carbonyl (C=O) groups excluding carboxylic acids is 2. The number of likely N-dealkylation sites (N-methyl/N-ethyl adjacent to an activating group) is 2. The zero-order valence-electron chi connectivity index (χ0n) is 42.0. The highest BCUT2D eigenvalue weighted by atomic mass is 35.5. The van der Waals surface area contributed by atoms with Crippen molar-refractivity contribution < 1.29 is 65.2 Å². The summed E-state index contributed by atoms with van der Waals surface area (Å²) in [4.78, 5) is 36.3. The molecule has 0 aromatic heterocycles. The molecule has 2 amide bonds. The first-order chi connectivity index (χ1) is 36.3. The van der Waals surface area contributed by atoms with Crippen molar-refractivity contribution in [3.05, 3.63) is 126 Å². The van der Waals surface area contributed by atoms with Crippen LogP contribution in [0, 0.1) is 0 Å². The summed E-state index contributed by atoms with van der Waals surface area (Å²) in [6.07, 6.45) is -4.07. The maximum absolute atomic E-state index is 13.1. The van der Waals surface area contributed by atoms with Crippen molar-refractivity contribution >= 4 is 78.3 Å². The third-order valence-electron chi connectivity index (χ3n) is 12.2. The summed E-state index contributed by atoms with van der Waals surface area (Å²) in [5.41, 5.74) is 5.46. The number of hydrogen-bond donors (Lipinski definition) is 6. The van der Waals surface area contributed by atoms with Gasteiger partial charge in [0.25, 0.3) is 21.8 Å². The third kappa shape index (κ3) is 18.2. The van der Waals surface area contributed by atoms with Gasteiger partial charge in [0.1, 0.15) is 0 Å². The fourth-order valence-electron chi connectivity index (χ4n) is 8.51. The molecule has 0 aliphatic carbocycles. The number of amides is 2. The maximum Gasteiger partial charge on any atom is 0.262 e. The Morgan fingerprint density at radius 3 is 1.41 bits per heavy atom. The molecule has 0 spiro atoms. The molecule has 0 radical (unpaired) electrons. The third-order valence-corrected chi connectivity index (χ3v) is 16.0. The van der Waals surface area contributed by atoms with Gasteiger partial charge in [-0.2, -0.15) is 0 Å². The summed E-state index contributed by atoms with van der Waals surface area (Å²) in [6, 6.07) is 20.6. The van der Waals surface area contributed by atoms with Crippen LogP contribution in [0.5, 0.6) is 0 Å². The number of benzene rings is 4. The number of nitrogens with zero attached hydrogens (tertiary/aromatic N) is 2. The number of carbonyl (C=O) groups is 2. The molecule has 418 valence electrons. The smallest absolute Gasteiger partial charge is 0.262 e. The Labute approximate surface area is 463 Å². The second-order valence-electron chi connectivity index (χ2n) is 17.9. The van der Waals surface area contributed by atoms with Gasteiger partial charge in [0, 0.05) is 77.7 Å². The van der Waals surface area contributed by atoms with Crippen LogP contribution in [-0.2, 0) is 71.2 Å². The average Bonchev–Trinajstić information content (AvgIpc) is 3.39. The van der Waals surface area contributed by atoms with Crippen LogP contribution in [0.4, 0.5) is 0 Å². The molecule has 0 fully saturated rings. The maximum atomic E-state index is 13.1. The SMILES string of the molecule is CN1Cc2c(Cl)cc(Cl)cc2[C@H](c2cccc(S(=O)(=O)NCCOCCOCCOCCNC(=O)[C@@H](O)[C@H](O)C(=O)NCCOCCOCCONS(=O)(=O)c3cccc([C@@H]4CN(C)Cc5c(Cl)cc(Cl)cc54)c3)c2)C1. The number of fused-ring (bicyclic) bond motifs is 2. The van der Waals surface area contributed by atoms with Crippen molar-refractivity contribution in [3.8, 4) is 0 Å². The van der Waals surface area contributed by atoms with E-state index in [1.54, 1.807) is 42.5 Å². The molecule has 4 atom stereocenters. The summed E-state index contributed by atoms with van der Waals surface area (Å²) >= 11 is 25.6. The monoisotopic (exact) mass is 1180 g/mol. The summed E-state index contributed by atoms with van der Waals surface area (Å²) in [7, 11) is -3.89. The molecule has 4 aromatic rings. The van der Waals surface area contributed by atoms with Crippen molar-refractivity contribution in [3.63, 3.8) is 0 Å². The standard InChI is InChI=1S/C50H64Cl4N6O14S2/c1-59-29-41(39-25-35(51)27-45(53)43(39)31-59)33-5-3-7-37(23-33)75(65,66)57-11-14-71-17-19-72-18-15-69-12-9-55-49(63)47(61)48(62)50(64)56-10-13-70-16-20-73-21-22-74-58-76(67,68)38-8-4-6-34(24-38)42-30-60(2)32-44-40(42)26-36(52)28-46(44)54/h3-8,23-28,41-42,47-48,57-58,61-62H,9-22,29-32H2,1-2H3,(H,55,63)(H,56,64)/t41-,42-,47-,48-/m0/s1. The second kappa shape index (κ2) is 30.1. The van der Waals surface area contributed by atoms with Crippen LogP contribution in [0.1, 0.15) is 45.2 Å². The van der Waals surface area contributed by atoms with Crippen molar-refractivity contribution in [2.75, 3.05) is 119 Å². The minimum atomic E-state index is -4.02. The molecule has 6 rings (SSSR count). The Bertz CT molecular complexity index is 2800. The van der Waals surface area contributed by atoms with Gasteiger partial charge in [-0.15, -0.1) is 0 Å². The van der Waals surface area contributed by atoms with E-state index in [1.165, 1.54) is 6.07 Å². The highest BCUT2D eigenvalue weighted by molar-refractivity contribution is 7.89. The van der Waals surface area contributed by atoms with Gasteiger partial charge in [-0.25, -0.2) is 21.6 Å². The molecular formula is C50H64Cl4N6O14S2. The zero-order chi connectivity index (χ0) is 54.8. The number of nitrogens with one attached hydrogen (secondary N) is 4. The van der Waals surface area contributed by atoms with Gasteiger partial charge in [-0.3, -0.25) is 14.4 Å². The molecular weight excluding hydrogens is 1110 g/mol. The van der Waals surface area contributed by atoms with E-state index in [1.807, 2.05) is 38.4 Å². The first kappa shape index (κ1) is 61.6. The van der Waals surface area contributed by atoms with Crippen LogP contribution in [0.2, 0.25) is 20.1 Å². The van der Waals surface area contributed by atoms with E-state index in [9.17, 15) is 36.6 Å². The Morgan fingerprint density at radius 1 is 0.566 bits per heavy atom. The fraction of sp³-hybridized carbons (Fsp3) is 0.480. The van der Waals surface area contributed by atoms with Crippen molar-refractivity contribution in [1.29, 1.82) is 0 Å². The van der Waals surface area contributed by atoms with E-state index < -0.39 is 44.1 Å². The van der Waals surface area contributed by atoms with E-state index in [2.05, 4.69) is 30.0 Å². The van der Waals surface area contributed by atoms with E-state index in [-0.39, 0.29) is 114 Å². The van der Waals surface area contributed by atoms with E-state index >= 15 is 0 Å². The lowest BCUT2D eigenvalue weighted by atomic mass is 9.85. The minimum absolute atomic E-state index is 0.0165. The van der Waals surface area contributed by atoms with Crippen molar-refractivity contribution in [2.24, 2.45) is 0 Å². The molecule has 0 bridgehead atoms. The van der Waals surface area contributed by atoms with Crippen LogP contribution < -0.4 is 20.2 Å². The number of sulfonamides is 2. The molecule has 2 aliphatic heterocycles. The predicted octanol–water partition coefficient (Wildman–Crippen LogP) is 3.68. The lowest BCUT2D eigenvalue weighted by Gasteiger charge is -2.33. The van der Waals surface area contributed by atoms with E-state index in [0.29, 0.717) is 46.3 Å². The molecule has 2 aliphatic rings. The lowest BCUT2D eigenvalue weighted by molar-refractivity contribution is -0.146. The molecule has 0 saturated carbocycles. The Balaban J connectivity index is 0.733. The van der Waals surface area contributed by atoms with Crippen molar-refractivity contribution in [1.82, 2.24) is 30.0 Å². The molecule has 0 unspecified atom stereocenters. The Hall–Kier alpha value is -3.60. The summed E-state index contributed by atoms with van der Waals surface area (Å²) in [5, 5.41) is 27.2. The van der Waals surface area contributed by atoms with Crippen molar-refractivity contribution in [2.45, 2.75) is 46.9 Å². The fourth-order valence-corrected chi connectivity index (χ4v) is 11.6. The van der Waals surface area contributed by atoms with Gasteiger partial charge in [-0.1, -0.05) is 75.6 Å². The number of ether oxygens (including phenoxy) is 5. The first-order valence-electron chi connectivity index (χ1n) is 24.3. The van der Waals surface area contributed by atoms with Gasteiger partial charge in [0.2, 0.25) is 10.0 Å². The van der Waals surface area contributed by atoms with E-state index in [4.69, 9.17) is 74.9 Å². The lowest BCUT2D eigenvalue weighted by Crippen LogP contribution is -2.50. The molecule has 4 aromatic carbocycles. The topological polar surface area (TPSA) is 253 Å². The quantitative estimate of drug-likeness (QED) is 0.0311. The number of halogens is 4. The average molecular weight is 1180 g/mol. The summed E-state index contributed by atoms with van der Waals surface area (Å²) in [5.74, 6) is -2.22. The first-order valence-corrected chi connectivity index (χ1v) is 28.8. The zero-order valence-corrected chi connectivity index (χ0v) is 46.6. The molecule has 76 heavy (non-hydrogen) atoms. The highest BCUT2D eigenvalue weighted by Crippen LogP contribution is 2.40. The van der Waals surface area contributed by atoms with Gasteiger partial charge in [0.05, 0.1) is 82.5 Å². The van der Waals surface area contributed by atoms with Crippen LogP contribution in [0.25, 0.3) is 0 Å². The van der Waals surface area contributed by atoms with Crippen LogP contribution >= 0.6 is 46.4 Å². The molecule has 0 saturated heterocycles. The molecule has 2 heterocycles. The van der Waals surface area contributed by atoms with Gasteiger partial charge < -0.3 is 54.3 Å². The molecule has 26 heteroatoms. The number of hydrogen-bond acceptors (Lipinski definition) is 16. The predicted molar refractivity (Wildman–Crippen MR) is 286 cm³/mol. The van der Waals surface area contributed by atoms with Gasteiger partial charge in [0.15, 0.2) is 12.2 Å². The number of aliphatic hydroxyl groups excluding tert-OH is 2. The normalized spacial score (nSPS) is 16.9. The van der Waals surface area contributed by atoms with Crippen LogP contribution in [0.3, 0.4) is 0 Å².